The largest absolute Gasteiger partial charge is 0.420 e. The molecule has 1 N–H and O–H groups in total. The summed E-state index contributed by atoms with van der Waals surface area (Å²) in [4.78, 5) is 44.1. The van der Waals surface area contributed by atoms with E-state index in [1.807, 2.05) is 0 Å². The summed E-state index contributed by atoms with van der Waals surface area (Å²) >= 11 is 0. The molecule has 1 aliphatic rings. The molecule has 31 heavy (non-hydrogen) atoms. The van der Waals surface area contributed by atoms with Crippen molar-refractivity contribution in [2.45, 2.75) is 25.3 Å². The summed E-state index contributed by atoms with van der Waals surface area (Å²) in [7, 11) is 0. The molecule has 4 heterocycles. The zero-order valence-corrected chi connectivity index (χ0v) is 15.9. The molecule has 1 saturated heterocycles. The van der Waals surface area contributed by atoms with Crippen molar-refractivity contribution in [1.29, 1.82) is 0 Å². The number of aromatic nitrogens is 4. The fourth-order valence-electron chi connectivity index (χ4n) is 3.56. The summed E-state index contributed by atoms with van der Waals surface area (Å²) in [6.07, 6.45) is 1.96. The van der Waals surface area contributed by atoms with Gasteiger partial charge in [-0.2, -0.15) is 4.98 Å². The third-order valence-electron chi connectivity index (χ3n) is 4.99. The lowest BCUT2D eigenvalue weighted by Gasteiger charge is -2.21. The van der Waals surface area contributed by atoms with Crippen LogP contribution in [0.5, 0.6) is 0 Å². The van der Waals surface area contributed by atoms with E-state index < -0.39 is 23.5 Å². The molecule has 156 valence electrons. The fourth-order valence-corrected chi connectivity index (χ4v) is 3.56. The van der Waals surface area contributed by atoms with Gasteiger partial charge in [0, 0.05) is 12.6 Å². The van der Waals surface area contributed by atoms with Gasteiger partial charge in [-0.1, -0.05) is 11.2 Å². The lowest BCUT2D eigenvalue weighted by molar-refractivity contribution is -0.135. The highest BCUT2D eigenvalue weighted by molar-refractivity contribution is 6.00. The van der Waals surface area contributed by atoms with Crippen LogP contribution in [0.15, 0.2) is 50.3 Å². The van der Waals surface area contributed by atoms with Gasteiger partial charge >= 0.3 is 5.76 Å². The number of rotatable bonds is 4. The lowest BCUT2D eigenvalue weighted by atomic mass is 10.1. The van der Waals surface area contributed by atoms with Crippen molar-refractivity contribution in [3.05, 3.63) is 64.4 Å². The molecule has 0 spiro atoms. The number of carbonyl (C=O) groups is 2. The first-order chi connectivity index (χ1) is 15.0. The second-order valence-electron chi connectivity index (χ2n) is 7.03. The minimum absolute atomic E-state index is 0.0190. The molecule has 1 aliphatic heterocycles. The Bertz CT molecular complexity index is 1390. The molecule has 1 atom stereocenters. The van der Waals surface area contributed by atoms with E-state index in [0.717, 1.165) is 0 Å². The quantitative estimate of drug-likeness (QED) is 0.491. The van der Waals surface area contributed by atoms with Gasteiger partial charge in [0.1, 0.15) is 11.7 Å². The maximum absolute atomic E-state index is 13.9. The number of pyridine rings is 1. The van der Waals surface area contributed by atoms with Crippen LogP contribution in [0.4, 0.5) is 4.39 Å². The summed E-state index contributed by atoms with van der Waals surface area (Å²) < 4.78 is 25.6. The average Bonchev–Trinajstić information content (AvgIpc) is 3.32. The van der Waals surface area contributed by atoms with E-state index in [2.05, 4.69) is 20.4 Å². The number of hydrogen-bond donors (Lipinski definition) is 1. The number of nitrogens with zero attached hydrogens (tertiary/aromatic N) is 4. The van der Waals surface area contributed by atoms with Crippen molar-refractivity contribution >= 4 is 22.9 Å². The molecule has 1 unspecified atom stereocenters. The van der Waals surface area contributed by atoms with Gasteiger partial charge in [-0.25, -0.2) is 14.2 Å². The summed E-state index contributed by atoms with van der Waals surface area (Å²) in [5, 5.41) is 6.01. The third-order valence-corrected chi connectivity index (χ3v) is 4.99. The van der Waals surface area contributed by atoms with E-state index in [0.29, 0.717) is 16.7 Å². The highest BCUT2D eigenvalue weighted by Gasteiger charge is 2.31. The molecule has 10 nitrogen and oxygen atoms in total. The second-order valence-corrected chi connectivity index (χ2v) is 7.03. The first kappa shape index (κ1) is 18.9. The van der Waals surface area contributed by atoms with Gasteiger partial charge in [0.15, 0.2) is 11.4 Å². The Morgan fingerprint density at radius 1 is 1.23 bits per heavy atom. The monoisotopic (exact) mass is 423 g/mol. The molecular weight excluding hydrogens is 409 g/mol. The summed E-state index contributed by atoms with van der Waals surface area (Å²) in [6, 6.07) is 6.86. The van der Waals surface area contributed by atoms with Gasteiger partial charge in [-0.3, -0.25) is 19.5 Å². The fraction of sp³-hybridized carbons (Fsp3) is 0.200. The van der Waals surface area contributed by atoms with Crippen LogP contribution in [-0.4, -0.2) is 31.5 Å². The Morgan fingerprint density at radius 2 is 2.10 bits per heavy atom. The number of hydrogen-bond acceptors (Lipinski definition) is 8. The minimum atomic E-state index is -0.844. The molecule has 1 aromatic carbocycles. The maximum atomic E-state index is 13.9. The number of fused-ring (bicyclic) bond motifs is 1. The number of oxazole rings is 1. The molecule has 0 saturated carbocycles. The Morgan fingerprint density at radius 3 is 2.90 bits per heavy atom. The predicted molar refractivity (Wildman–Crippen MR) is 102 cm³/mol. The normalized spacial score (nSPS) is 16.6. The summed E-state index contributed by atoms with van der Waals surface area (Å²) in [5.74, 6) is -1.93. The van der Waals surface area contributed by atoms with Crippen molar-refractivity contribution in [2.75, 3.05) is 0 Å². The zero-order chi connectivity index (χ0) is 21.5. The summed E-state index contributed by atoms with van der Waals surface area (Å²) in [5.41, 5.74) is 1.40. The molecular formula is C20H14FN5O5. The number of amides is 2. The number of benzene rings is 1. The van der Waals surface area contributed by atoms with Crippen LogP contribution in [0.25, 0.3) is 22.6 Å². The van der Waals surface area contributed by atoms with E-state index in [9.17, 15) is 18.8 Å². The van der Waals surface area contributed by atoms with Gasteiger partial charge in [0.2, 0.25) is 23.5 Å². The van der Waals surface area contributed by atoms with Crippen LogP contribution in [0, 0.1) is 5.82 Å². The van der Waals surface area contributed by atoms with Crippen molar-refractivity contribution < 1.29 is 22.9 Å². The van der Waals surface area contributed by atoms with Gasteiger partial charge in [0.25, 0.3) is 0 Å². The lowest BCUT2D eigenvalue weighted by Crippen LogP contribution is -2.43. The Kier molecular flexibility index (Phi) is 4.42. The Balaban J connectivity index is 1.47. The average molecular weight is 423 g/mol. The van der Waals surface area contributed by atoms with Gasteiger partial charge < -0.3 is 8.94 Å². The zero-order valence-electron chi connectivity index (χ0n) is 15.9. The number of halogens is 1. The highest BCUT2D eigenvalue weighted by Crippen LogP contribution is 2.25. The number of carbonyl (C=O) groups excluding carboxylic acids is 2. The number of piperidine rings is 1. The van der Waals surface area contributed by atoms with E-state index in [1.165, 1.54) is 22.9 Å². The van der Waals surface area contributed by atoms with Gasteiger partial charge in [-0.05, 0) is 36.2 Å². The Hall–Kier alpha value is -4.15. The van der Waals surface area contributed by atoms with Crippen molar-refractivity contribution in [3.63, 3.8) is 0 Å². The number of imide groups is 1. The highest BCUT2D eigenvalue weighted by atomic mass is 19.1. The van der Waals surface area contributed by atoms with Crippen molar-refractivity contribution in [3.8, 4) is 11.5 Å². The van der Waals surface area contributed by atoms with E-state index in [-0.39, 0.29) is 42.6 Å². The second kappa shape index (κ2) is 7.27. The first-order valence-corrected chi connectivity index (χ1v) is 9.41. The van der Waals surface area contributed by atoms with Crippen LogP contribution in [-0.2, 0) is 16.0 Å². The SMILES string of the molecule is O=C1CCC(n2c(=O)oc3ccc(Cc4nc(-c5ncccc5F)no4)cc32)C(=O)N1. The van der Waals surface area contributed by atoms with Crippen LogP contribution in [0.2, 0.25) is 0 Å². The van der Waals surface area contributed by atoms with Crippen LogP contribution >= 0.6 is 0 Å². The molecule has 0 bridgehead atoms. The van der Waals surface area contributed by atoms with Gasteiger partial charge in [-0.15, -0.1) is 0 Å². The Labute approximate surface area is 172 Å². The topological polar surface area (TPSA) is 133 Å². The van der Waals surface area contributed by atoms with Crippen LogP contribution in [0.1, 0.15) is 30.3 Å². The van der Waals surface area contributed by atoms with Crippen LogP contribution < -0.4 is 11.1 Å². The minimum Gasteiger partial charge on any atom is -0.408 e. The standard InChI is InChI=1S/C20H14FN5O5/c21-11-2-1-7-22-17(11)18-24-16(31-25-18)9-10-3-5-14-13(8-10)26(20(29)30-14)12-4-6-15(27)23-19(12)28/h1-3,5,7-8,12H,4,6,9H2,(H,23,27,28). The smallest absolute Gasteiger partial charge is 0.408 e. The summed E-state index contributed by atoms with van der Waals surface area (Å²) in [6.45, 7) is 0. The number of nitrogens with one attached hydrogen (secondary N) is 1. The molecule has 1 fully saturated rings. The van der Waals surface area contributed by atoms with E-state index >= 15 is 0 Å². The van der Waals surface area contributed by atoms with E-state index in [4.69, 9.17) is 8.94 Å². The van der Waals surface area contributed by atoms with Crippen molar-refractivity contribution in [1.82, 2.24) is 25.0 Å². The molecule has 0 aliphatic carbocycles. The first-order valence-electron chi connectivity index (χ1n) is 9.41. The molecule has 3 aromatic heterocycles. The molecule has 2 amide bonds. The predicted octanol–water partition coefficient (Wildman–Crippen LogP) is 1.75. The molecule has 5 rings (SSSR count). The maximum Gasteiger partial charge on any atom is 0.420 e. The van der Waals surface area contributed by atoms with Gasteiger partial charge in [0.05, 0.1) is 11.9 Å². The molecule has 11 heteroatoms. The molecule has 4 aromatic rings. The third kappa shape index (κ3) is 3.39. The van der Waals surface area contributed by atoms with E-state index in [1.54, 1.807) is 18.2 Å². The van der Waals surface area contributed by atoms with Crippen LogP contribution in [0.3, 0.4) is 0 Å². The van der Waals surface area contributed by atoms with Crippen molar-refractivity contribution in [2.24, 2.45) is 0 Å². The molecule has 0 radical (unpaired) electrons.